The smallest absolute Gasteiger partial charge is 0.507 e. The molecular weight excluding hydrogens is 998 g/mol. The molecule has 6 nitrogen and oxygen atoms in total. The Labute approximate surface area is 481 Å². The van der Waals surface area contributed by atoms with Crippen LogP contribution in [0.1, 0.15) is 273 Å². The molecule has 0 bridgehead atoms. The minimum atomic E-state index is -0.0912. The van der Waals surface area contributed by atoms with Crippen molar-refractivity contribution in [2.75, 3.05) is 0 Å². The summed E-state index contributed by atoms with van der Waals surface area (Å²) in [5.41, 5.74) is 9.26. The molecule has 6 unspecified atom stereocenters. The molecule has 3 aromatic rings. The van der Waals surface area contributed by atoms with Gasteiger partial charge in [0, 0.05) is 52.0 Å². The first-order chi connectivity index (χ1) is 33.0. The zero-order chi connectivity index (χ0) is 54.4. The Balaban J connectivity index is 0.000000551. The second kappa shape index (κ2) is 28.2. The summed E-state index contributed by atoms with van der Waals surface area (Å²) < 4.78 is 0. The Morgan fingerprint density at radius 3 is 0.720 bits per heavy atom. The van der Waals surface area contributed by atoms with Gasteiger partial charge in [0.1, 0.15) is 17.2 Å². The quantitative estimate of drug-likeness (QED) is 0.169. The molecule has 0 amide bonds. The molecule has 3 aliphatic carbocycles. The standard InChI is InChI=1S/3C22H35NO.2CH3.Zr/c3*1-15-10-8-9-11-19(15)23-14-16-12-17(21(2,3)4)13-18(20(16)24)22(5,6)7;;;/h3*12-15,19,24H,8-11H2,1-7H3;2*1H3;/q;;;2*-1;+2. The van der Waals surface area contributed by atoms with Crippen LogP contribution < -0.4 is 0 Å². The summed E-state index contributed by atoms with van der Waals surface area (Å²) in [7, 11) is 0. The van der Waals surface area contributed by atoms with Crippen molar-refractivity contribution in [1.82, 2.24) is 0 Å². The van der Waals surface area contributed by atoms with E-state index in [1.165, 1.54) is 93.7 Å². The van der Waals surface area contributed by atoms with Crippen molar-refractivity contribution >= 4 is 18.6 Å². The third kappa shape index (κ3) is 20.3. The molecule has 6 rings (SSSR count). The molecule has 0 radical (unpaired) electrons. The fourth-order valence-corrected chi connectivity index (χ4v) is 10.4. The Morgan fingerprint density at radius 2 is 0.547 bits per heavy atom. The average molecular weight is 1110 g/mol. The second-order valence-electron chi connectivity index (χ2n) is 28.7. The molecule has 75 heavy (non-hydrogen) atoms. The van der Waals surface area contributed by atoms with Gasteiger partial charge in [-0.2, -0.15) is 0 Å². The van der Waals surface area contributed by atoms with Gasteiger partial charge in [0.05, 0.1) is 18.1 Å². The van der Waals surface area contributed by atoms with Crippen LogP contribution in [0.3, 0.4) is 0 Å². The Morgan fingerprint density at radius 1 is 0.347 bits per heavy atom. The van der Waals surface area contributed by atoms with Gasteiger partial charge >= 0.3 is 26.2 Å². The van der Waals surface area contributed by atoms with Crippen molar-refractivity contribution < 1.29 is 41.5 Å². The summed E-state index contributed by atoms with van der Waals surface area (Å²) >= 11 is 0. The predicted octanol–water partition coefficient (Wildman–Crippen LogP) is 18.9. The third-order valence-electron chi connectivity index (χ3n) is 15.9. The van der Waals surface area contributed by atoms with E-state index in [-0.39, 0.29) is 73.5 Å². The molecule has 7 heteroatoms. The Hall–Kier alpha value is -3.05. The van der Waals surface area contributed by atoms with Crippen LogP contribution in [0.2, 0.25) is 0 Å². The van der Waals surface area contributed by atoms with E-state index in [1.54, 1.807) is 0 Å². The topological polar surface area (TPSA) is 97.8 Å². The number of aliphatic imine (C=N–C) groups is 3. The molecule has 3 aromatic carbocycles. The van der Waals surface area contributed by atoms with Gasteiger partial charge in [-0.15, -0.1) is 0 Å². The van der Waals surface area contributed by atoms with Crippen molar-refractivity contribution in [2.24, 2.45) is 32.7 Å². The van der Waals surface area contributed by atoms with E-state index in [9.17, 15) is 15.3 Å². The third-order valence-corrected chi connectivity index (χ3v) is 15.9. The minimum absolute atomic E-state index is 0. The maximum absolute atomic E-state index is 10.8. The molecule has 3 saturated carbocycles. The Kier molecular flexibility index (Phi) is 26.3. The first-order valence-electron chi connectivity index (χ1n) is 28.2. The van der Waals surface area contributed by atoms with E-state index in [1.807, 2.05) is 18.6 Å². The van der Waals surface area contributed by atoms with E-state index >= 15 is 0 Å². The number of phenolic OH excluding ortho intramolecular Hbond substituents is 3. The summed E-state index contributed by atoms with van der Waals surface area (Å²) in [6, 6.07) is 14.0. The van der Waals surface area contributed by atoms with E-state index in [4.69, 9.17) is 15.0 Å². The number of rotatable bonds is 6. The number of hydrogen-bond donors (Lipinski definition) is 3. The summed E-state index contributed by atoms with van der Waals surface area (Å²) in [5.74, 6) is 3.10. The summed E-state index contributed by atoms with van der Waals surface area (Å²) in [4.78, 5) is 14.6. The molecule has 3 fully saturated rings. The monoisotopic (exact) mass is 1110 g/mol. The number of hydrogen-bond acceptors (Lipinski definition) is 6. The number of aromatic hydroxyl groups is 3. The number of nitrogens with zero attached hydrogens (tertiary/aromatic N) is 3. The van der Waals surface area contributed by atoms with Crippen LogP contribution in [0.4, 0.5) is 0 Å². The molecular formula is C68H111N3O3Zr. The van der Waals surface area contributed by atoms with Crippen LogP contribution in [0.15, 0.2) is 51.4 Å². The van der Waals surface area contributed by atoms with Crippen LogP contribution in [0.25, 0.3) is 0 Å². The van der Waals surface area contributed by atoms with Crippen LogP contribution >= 0.6 is 0 Å². The van der Waals surface area contributed by atoms with Crippen LogP contribution in [0.5, 0.6) is 17.2 Å². The van der Waals surface area contributed by atoms with Crippen LogP contribution in [-0.2, 0) is 58.7 Å². The summed E-state index contributed by atoms with van der Waals surface area (Å²) in [6.07, 6.45) is 20.9. The summed E-state index contributed by atoms with van der Waals surface area (Å²) in [5, 5.41) is 32.5. The molecule has 6 atom stereocenters. The molecule has 0 heterocycles. The predicted molar refractivity (Wildman–Crippen MR) is 326 cm³/mol. The maximum atomic E-state index is 10.8. The second-order valence-corrected chi connectivity index (χ2v) is 28.7. The van der Waals surface area contributed by atoms with E-state index < -0.39 is 0 Å². The minimum Gasteiger partial charge on any atom is -0.507 e. The maximum Gasteiger partial charge on any atom is 2.00 e. The Bertz CT molecular complexity index is 2070. The first kappa shape index (κ1) is 70.0. The average Bonchev–Trinajstić information content (AvgIpc) is 3.25. The molecule has 0 aromatic heterocycles. The molecule has 0 spiro atoms. The molecule has 3 N–H and O–H groups in total. The largest absolute Gasteiger partial charge is 2.00 e. The molecule has 0 aliphatic heterocycles. The van der Waals surface area contributed by atoms with Crippen LogP contribution in [-0.4, -0.2) is 52.1 Å². The molecule has 420 valence electrons. The van der Waals surface area contributed by atoms with Gasteiger partial charge in [0.15, 0.2) is 0 Å². The summed E-state index contributed by atoms with van der Waals surface area (Å²) in [6.45, 7) is 46.2. The van der Waals surface area contributed by atoms with E-state index in [0.717, 1.165) is 33.4 Å². The van der Waals surface area contributed by atoms with Crippen molar-refractivity contribution in [3.05, 3.63) is 101 Å². The van der Waals surface area contributed by atoms with Gasteiger partial charge in [0.25, 0.3) is 0 Å². The fraction of sp³-hybridized carbons (Fsp3) is 0.662. The van der Waals surface area contributed by atoms with E-state index in [2.05, 4.69) is 182 Å². The van der Waals surface area contributed by atoms with E-state index in [0.29, 0.717) is 53.1 Å². The molecule has 3 aliphatic rings. The van der Waals surface area contributed by atoms with Gasteiger partial charge in [0.2, 0.25) is 0 Å². The zero-order valence-corrected chi connectivity index (χ0v) is 54.8. The first-order valence-corrected chi connectivity index (χ1v) is 28.2. The normalized spacial score (nSPS) is 22.0. The SMILES string of the molecule is CC1CCCCC1N=Cc1cc(C(C)(C)C)cc(C(C)(C)C)c1O.CC1CCCCC1N=Cc1cc(C(C)(C)C)cc(C(C)(C)C)c1O.CC1CCCCC1N=Cc1cc(C(C)(C)C)cc(C(C)(C)C)c1O.[CH3-].[CH3-].[Zr+2]. The number of benzene rings is 3. The molecule has 0 saturated heterocycles. The van der Waals surface area contributed by atoms with Crippen molar-refractivity contribution in [3.8, 4) is 17.2 Å². The zero-order valence-electron chi connectivity index (χ0n) is 52.3. The fourth-order valence-electron chi connectivity index (χ4n) is 10.4. The van der Waals surface area contributed by atoms with Gasteiger partial charge in [-0.1, -0.05) is 202 Å². The van der Waals surface area contributed by atoms with Crippen LogP contribution in [0, 0.1) is 32.6 Å². The van der Waals surface area contributed by atoms with Crippen molar-refractivity contribution in [1.29, 1.82) is 0 Å². The van der Waals surface area contributed by atoms with Gasteiger partial charge in [-0.3, -0.25) is 15.0 Å². The van der Waals surface area contributed by atoms with Crippen molar-refractivity contribution in [3.63, 3.8) is 0 Å². The van der Waals surface area contributed by atoms with Gasteiger partial charge < -0.3 is 30.2 Å². The van der Waals surface area contributed by atoms with Gasteiger partial charge in [-0.05, 0) is 124 Å². The van der Waals surface area contributed by atoms with Crippen molar-refractivity contribution in [2.45, 2.75) is 273 Å². The van der Waals surface area contributed by atoms with Gasteiger partial charge in [-0.25, -0.2) is 0 Å². The number of phenols is 3.